The Hall–Kier alpha value is -3.21. The van der Waals surface area contributed by atoms with Crippen LogP contribution in [0.25, 0.3) is 5.78 Å². The lowest BCUT2D eigenvalue weighted by Crippen LogP contribution is -2.20. The van der Waals surface area contributed by atoms with Crippen LogP contribution in [0.15, 0.2) is 65.5 Å². The molecule has 0 aliphatic heterocycles. The van der Waals surface area contributed by atoms with Gasteiger partial charge in [-0.3, -0.25) is 9.89 Å². The monoisotopic (exact) mass is 342 g/mol. The number of nitrogens with one attached hydrogen (secondary N) is 1. The fourth-order valence-corrected chi connectivity index (χ4v) is 3.83. The van der Waals surface area contributed by atoms with Gasteiger partial charge in [0, 0.05) is 5.56 Å². The van der Waals surface area contributed by atoms with E-state index in [9.17, 15) is 4.79 Å². The molecule has 128 valence electrons. The topological polar surface area (TPSA) is 63.0 Å². The normalized spacial score (nSPS) is 13.4. The number of hydrogen-bond acceptors (Lipinski definition) is 3. The molecule has 2 aromatic carbocycles. The summed E-state index contributed by atoms with van der Waals surface area (Å²) < 4.78 is 1.50. The summed E-state index contributed by atoms with van der Waals surface area (Å²) in [4.78, 5) is 22.1. The maximum Gasteiger partial charge on any atom is 0.277 e. The summed E-state index contributed by atoms with van der Waals surface area (Å²) in [6.07, 6.45) is 2.66. The van der Waals surface area contributed by atoms with E-state index in [1.54, 1.807) is 0 Å². The Balaban J connectivity index is 1.72. The molecule has 0 radical (unpaired) electrons. The van der Waals surface area contributed by atoms with Gasteiger partial charge in [0.15, 0.2) is 0 Å². The Bertz CT molecular complexity index is 1090. The van der Waals surface area contributed by atoms with Crippen molar-refractivity contribution in [3.8, 4) is 0 Å². The number of rotatable bonds is 3. The zero-order valence-electron chi connectivity index (χ0n) is 14.2. The SMILES string of the molecule is O=c1c2c(nc3nc(C(c4ccccc4)c4ccccc4)[nH]n13)CCC2. The van der Waals surface area contributed by atoms with E-state index in [-0.39, 0.29) is 11.5 Å². The summed E-state index contributed by atoms with van der Waals surface area (Å²) in [5.41, 5.74) is 3.97. The predicted octanol–water partition coefficient (Wildman–Crippen LogP) is 3.09. The van der Waals surface area contributed by atoms with Gasteiger partial charge in [0.05, 0.1) is 11.6 Å². The molecule has 0 atom stereocenters. The van der Waals surface area contributed by atoms with E-state index in [4.69, 9.17) is 4.98 Å². The van der Waals surface area contributed by atoms with Gasteiger partial charge in [-0.2, -0.15) is 9.50 Å². The quantitative estimate of drug-likeness (QED) is 0.622. The number of fused-ring (bicyclic) bond motifs is 2. The number of aromatic nitrogens is 4. The van der Waals surface area contributed by atoms with Crippen LogP contribution in [-0.4, -0.2) is 19.6 Å². The van der Waals surface area contributed by atoms with Crippen molar-refractivity contribution in [2.24, 2.45) is 0 Å². The molecule has 1 N–H and O–H groups in total. The van der Waals surface area contributed by atoms with Crippen LogP contribution in [0.1, 0.15) is 40.5 Å². The van der Waals surface area contributed by atoms with Crippen molar-refractivity contribution in [1.82, 2.24) is 19.6 Å². The fourth-order valence-electron chi connectivity index (χ4n) is 3.83. The minimum Gasteiger partial charge on any atom is -0.274 e. The van der Waals surface area contributed by atoms with Crippen molar-refractivity contribution in [2.75, 3.05) is 0 Å². The molecule has 0 saturated carbocycles. The van der Waals surface area contributed by atoms with Gasteiger partial charge in [-0.1, -0.05) is 60.7 Å². The van der Waals surface area contributed by atoms with Gasteiger partial charge >= 0.3 is 0 Å². The Morgan fingerprint density at radius 3 is 2.19 bits per heavy atom. The Morgan fingerprint density at radius 1 is 0.885 bits per heavy atom. The van der Waals surface area contributed by atoms with Crippen LogP contribution >= 0.6 is 0 Å². The number of nitrogens with zero attached hydrogens (tertiary/aromatic N) is 3. The minimum atomic E-state index is -0.0756. The fraction of sp³-hybridized carbons (Fsp3) is 0.190. The maximum absolute atomic E-state index is 12.8. The van der Waals surface area contributed by atoms with E-state index < -0.39 is 0 Å². The lowest BCUT2D eigenvalue weighted by molar-refractivity contribution is 0.807. The summed E-state index contributed by atoms with van der Waals surface area (Å²) in [6, 6.07) is 20.4. The van der Waals surface area contributed by atoms with E-state index in [0.29, 0.717) is 5.78 Å². The highest BCUT2D eigenvalue weighted by Gasteiger charge is 2.24. The molecular formula is C21H18N4O. The van der Waals surface area contributed by atoms with E-state index >= 15 is 0 Å². The van der Waals surface area contributed by atoms with Crippen LogP contribution in [0.4, 0.5) is 0 Å². The van der Waals surface area contributed by atoms with Crippen molar-refractivity contribution in [2.45, 2.75) is 25.2 Å². The van der Waals surface area contributed by atoms with Crippen LogP contribution in [0, 0.1) is 0 Å². The van der Waals surface area contributed by atoms with Gasteiger partial charge in [0.1, 0.15) is 5.82 Å². The van der Waals surface area contributed by atoms with Crippen molar-refractivity contribution in [3.63, 3.8) is 0 Å². The second-order valence-corrected chi connectivity index (χ2v) is 6.69. The molecule has 5 rings (SSSR count). The van der Waals surface area contributed by atoms with E-state index in [0.717, 1.165) is 47.5 Å². The number of benzene rings is 2. The average molecular weight is 342 g/mol. The lowest BCUT2D eigenvalue weighted by atomic mass is 9.91. The van der Waals surface area contributed by atoms with Crippen LogP contribution < -0.4 is 5.56 Å². The summed E-state index contributed by atoms with van der Waals surface area (Å²) in [5.74, 6) is 1.12. The number of aryl methyl sites for hydroxylation is 1. The zero-order valence-corrected chi connectivity index (χ0v) is 14.2. The molecule has 0 unspecified atom stereocenters. The molecule has 0 spiro atoms. The Morgan fingerprint density at radius 2 is 1.54 bits per heavy atom. The van der Waals surface area contributed by atoms with Crippen LogP contribution in [-0.2, 0) is 12.8 Å². The third kappa shape index (κ3) is 2.36. The third-order valence-electron chi connectivity index (χ3n) is 5.07. The van der Waals surface area contributed by atoms with Gasteiger partial charge in [-0.05, 0) is 30.4 Å². The standard InChI is InChI=1S/C21H18N4O/c26-20-16-12-7-13-17(16)22-21-23-19(24-25(20)21)18(14-8-3-1-4-9-14)15-10-5-2-6-11-15/h1-6,8-11,18H,7,12-13H2,(H,22,23,24). The minimum absolute atomic E-state index is 0.0128. The van der Waals surface area contributed by atoms with Crippen LogP contribution in [0.3, 0.4) is 0 Å². The van der Waals surface area contributed by atoms with Crippen molar-refractivity contribution in [1.29, 1.82) is 0 Å². The average Bonchev–Trinajstić information content (AvgIpc) is 3.31. The Kier molecular flexibility index (Phi) is 3.45. The number of hydrogen-bond donors (Lipinski definition) is 1. The molecule has 1 aliphatic rings. The molecule has 1 aliphatic carbocycles. The molecule has 2 heterocycles. The summed E-state index contributed by atoms with van der Waals surface area (Å²) in [7, 11) is 0. The van der Waals surface area contributed by atoms with Crippen LogP contribution in [0.2, 0.25) is 0 Å². The first-order valence-electron chi connectivity index (χ1n) is 8.91. The van der Waals surface area contributed by atoms with Gasteiger partial charge in [-0.15, -0.1) is 0 Å². The molecule has 4 aromatic rings. The van der Waals surface area contributed by atoms with Gasteiger partial charge in [0.25, 0.3) is 11.3 Å². The lowest BCUT2D eigenvalue weighted by Gasteiger charge is -2.15. The number of aromatic amines is 1. The number of H-pyrrole nitrogens is 1. The summed E-state index contributed by atoms with van der Waals surface area (Å²) >= 11 is 0. The van der Waals surface area contributed by atoms with Gasteiger partial charge in [-0.25, -0.2) is 4.98 Å². The van der Waals surface area contributed by atoms with Crippen LogP contribution in [0.5, 0.6) is 0 Å². The van der Waals surface area contributed by atoms with Crippen molar-refractivity contribution in [3.05, 3.63) is 99.2 Å². The summed E-state index contributed by atoms with van der Waals surface area (Å²) in [6.45, 7) is 0. The second kappa shape index (κ2) is 5.95. The smallest absolute Gasteiger partial charge is 0.274 e. The third-order valence-corrected chi connectivity index (χ3v) is 5.07. The predicted molar refractivity (Wildman–Crippen MR) is 99.5 cm³/mol. The molecule has 0 saturated heterocycles. The van der Waals surface area contributed by atoms with Crippen molar-refractivity contribution < 1.29 is 0 Å². The highest BCUT2D eigenvalue weighted by Crippen LogP contribution is 2.29. The first-order valence-corrected chi connectivity index (χ1v) is 8.91. The van der Waals surface area contributed by atoms with E-state index in [1.807, 2.05) is 36.4 Å². The molecule has 2 aromatic heterocycles. The van der Waals surface area contributed by atoms with E-state index in [2.05, 4.69) is 34.3 Å². The maximum atomic E-state index is 12.8. The summed E-state index contributed by atoms with van der Waals surface area (Å²) in [5, 5.41) is 3.22. The molecule has 5 heteroatoms. The van der Waals surface area contributed by atoms with Gasteiger partial charge < -0.3 is 0 Å². The first kappa shape index (κ1) is 15.1. The Labute approximate surface area is 150 Å². The highest BCUT2D eigenvalue weighted by atomic mass is 16.1. The van der Waals surface area contributed by atoms with Crippen molar-refractivity contribution >= 4 is 5.78 Å². The largest absolute Gasteiger partial charge is 0.277 e. The molecule has 5 nitrogen and oxygen atoms in total. The molecule has 0 fully saturated rings. The first-order chi connectivity index (χ1) is 12.8. The van der Waals surface area contributed by atoms with E-state index in [1.165, 1.54) is 4.52 Å². The zero-order chi connectivity index (χ0) is 17.5. The molecule has 26 heavy (non-hydrogen) atoms. The molecular weight excluding hydrogens is 324 g/mol. The highest BCUT2D eigenvalue weighted by molar-refractivity contribution is 5.41. The molecule has 0 bridgehead atoms. The van der Waals surface area contributed by atoms with Gasteiger partial charge in [0.2, 0.25) is 0 Å². The molecule has 0 amide bonds. The second-order valence-electron chi connectivity index (χ2n) is 6.69.